The summed E-state index contributed by atoms with van der Waals surface area (Å²) in [5, 5.41) is 9.34. The number of amides is 2. The van der Waals surface area contributed by atoms with Gasteiger partial charge in [-0.3, -0.25) is 0 Å². The number of benzene rings is 1. The Labute approximate surface area is 210 Å². The SMILES string of the molecule is C[C@@H]1C[C@@H]2C[C@](Cn3cc(C(F)(F)F)nn3)(C1)N2C(=O)Nc1ccc(C(F)(F)F)c(-c2ncc(F)cn2)c1. The summed E-state index contributed by atoms with van der Waals surface area (Å²) in [6, 6.07) is 2.08. The number of hydrogen-bond donors (Lipinski definition) is 1. The van der Waals surface area contributed by atoms with E-state index in [4.69, 9.17) is 0 Å². The lowest BCUT2D eigenvalue weighted by Gasteiger charge is -2.63. The number of hydrogen-bond acceptors (Lipinski definition) is 5. The fraction of sp³-hybridized carbons (Fsp3) is 0.435. The molecule has 3 atom stereocenters. The first-order valence-corrected chi connectivity index (χ1v) is 11.5. The minimum atomic E-state index is -4.77. The third-order valence-electron chi connectivity index (χ3n) is 6.84. The number of anilines is 1. The van der Waals surface area contributed by atoms with Gasteiger partial charge < -0.3 is 10.2 Å². The van der Waals surface area contributed by atoms with Crippen LogP contribution in [0.25, 0.3) is 11.4 Å². The lowest BCUT2D eigenvalue weighted by molar-refractivity contribution is -0.141. The average molecular weight is 543 g/mol. The second-order valence-electron chi connectivity index (χ2n) is 9.71. The Balaban J connectivity index is 1.41. The summed E-state index contributed by atoms with van der Waals surface area (Å²) >= 11 is 0. The van der Waals surface area contributed by atoms with Crippen LogP contribution >= 0.6 is 0 Å². The van der Waals surface area contributed by atoms with Crippen LogP contribution in [0.1, 0.15) is 37.4 Å². The Kier molecular flexibility index (Phi) is 6.06. The van der Waals surface area contributed by atoms with Crippen molar-refractivity contribution in [1.82, 2.24) is 29.9 Å². The molecule has 0 unspecified atom stereocenters. The van der Waals surface area contributed by atoms with Crippen LogP contribution in [0.2, 0.25) is 0 Å². The van der Waals surface area contributed by atoms with E-state index in [0.29, 0.717) is 19.3 Å². The van der Waals surface area contributed by atoms with Crippen molar-refractivity contribution in [2.45, 2.75) is 56.7 Å². The molecule has 8 nitrogen and oxygen atoms in total. The maximum atomic E-state index is 13.6. The highest BCUT2D eigenvalue weighted by Gasteiger charge is 2.58. The van der Waals surface area contributed by atoms with Crippen LogP contribution in [0.3, 0.4) is 0 Å². The lowest BCUT2D eigenvalue weighted by atomic mass is 9.64. The molecule has 2 amide bonds. The van der Waals surface area contributed by atoms with E-state index in [1.807, 2.05) is 6.92 Å². The van der Waals surface area contributed by atoms with E-state index in [9.17, 15) is 35.5 Å². The van der Waals surface area contributed by atoms with Crippen molar-refractivity contribution in [3.8, 4) is 11.4 Å². The number of rotatable bonds is 4. The standard InChI is InChI=1S/C23H20F7N7O/c1-12-4-15-7-21(6-12,11-36-10-18(34-35-36)23(28,29)30)37(15)20(38)33-14-2-3-17(22(25,26)27)16(5-14)19-31-8-13(24)9-32-19/h2-3,5,8-10,12,15H,4,6-7,11H2,1H3,(H,33,38)/t12-,15-,21+/m1/s1. The van der Waals surface area contributed by atoms with Crippen molar-refractivity contribution in [3.63, 3.8) is 0 Å². The molecule has 1 N–H and O–H groups in total. The van der Waals surface area contributed by atoms with Crippen molar-refractivity contribution in [2.75, 3.05) is 5.32 Å². The fourth-order valence-electron chi connectivity index (χ4n) is 5.55. The van der Waals surface area contributed by atoms with E-state index in [-0.39, 0.29) is 30.0 Å². The number of urea groups is 1. The normalized spacial score (nSPS) is 23.2. The minimum Gasteiger partial charge on any atom is -0.314 e. The van der Waals surface area contributed by atoms with Crippen molar-refractivity contribution in [1.29, 1.82) is 0 Å². The smallest absolute Gasteiger partial charge is 0.314 e. The second-order valence-corrected chi connectivity index (χ2v) is 9.71. The molecule has 3 aromatic rings. The molecule has 38 heavy (non-hydrogen) atoms. The summed E-state index contributed by atoms with van der Waals surface area (Å²) in [6.45, 7) is 1.95. The van der Waals surface area contributed by atoms with Crippen molar-refractivity contribution in [2.24, 2.45) is 5.92 Å². The quantitative estimate of drug-likeness (QED) is 0.446. The predicted octanol–water partition coefficient (Wildman–Crippen LogP) is 5.39. The fourth-order valence-corrected chi connectivity index (χ4v) is 5.55. The van der Waals surface area contributed by atoms with E-state index in [1.54, 1.807) is 0 Å². The van der Waals surface area contributed by atoms with Gasteiger partial charge in [0.15, 0.2) is 17.3 Å². The highest BCUT2D eigenvalue weighted by molar-refractivity contribution is 5.92. The zero-order valence-electron chi connectivity index (χ0n) is 19.7. The van der Waals surface area contributed by atoms with E-state index >= 15 is 0 Å². The van der Waals surface area contributed by atoms with E-state index in [2.05, 4.69) is 25.6 Å². The molecular weight excluding hydrogens is 523 g/mol. The summed E-state index contributed by atoms with van der Waals surface area (Å²) in [5.41, 5.74) is -3.49. The summed E-state index contributed by atoms with van der Waals surface area (Å²) in [5.74, 6) is -1.02. The van der Waals surface area contributed by atoms with Crippen molar-refractivity contribution < 1.29 is 35.5 Å². The van der Waals surface area contributed by atoms with Gasteiger partial charge in [0.05, 0.1) is 36.2 Å². The Morgan fingerprint density at radius 3 is 2.45 bits per heavy atom. The Morgan fingerprint density at radius 1 is 1.11 bits per heavy atom. The highest BCUT2D eigenvalue weighted by Crippen LogP contribution is 2.51. The minimum absolute atomic E-state index is 0.0132. The number of halogens is 7. The Bertz CT molecular complexity index is 1360. The molecule has 2 aliphatic heterocycles. The van der Waals surface area contributed by atoms with E-state index < -0.39 is 46.6 Å². The zero-order chi connectivity index (χ0) is 27.5. The number of carbonyl (C=O) groups is 1. The number of nitrogens with one attached hydrogen (secondary N) is 1. The molecule has 4 heterocycles. The van der Waals surface area contributed by atoms with Crippen LogP contribution in [0, 0.1) is 11.7 Å². The zero-order valence-corrected chi connectivity index (χ0v) is 19.7. The van der Waals surface area contributed by atoms with Crippen LogP contribution in [-0.4, -0.2) is 47.5 Å². The Morgan fingerprint density at radius 2 is 1.82 bits per heavy atom. The third-order valence-corrected chi connectivity index (χ3v) is 6.84. The number of carbonyl (C=O) groups excluding carboxylic acids is 1. The molecule has 0 radical (unpaired) electrons. The molecular formula is C23H20F7N7O. The van der Waals surface area contributed by atoms with Gasteiger partial charge in [-0.15, -0.1) is 5.10 Å². The largest absolute Gasteiger partial charge is 0.436 e. The van der Waals surface area contributed by atoms with E-state index in [0.717, 1.165) is 41.5 Å². The van der Waals surface area contributed by atoms with Crippen LogP contribution in [0.15, 0.2) is 36.8 Å². The number of nitrogens with zero attached hydrogens (tertiary/aromatic N) is 6. The van der Waals surface area contributed by atoms with Crippen LogP contribution < -0.4 is 5.32 Å². The van der Waals surface area contributed by atoms with Crippen LogP contribution in [0.5, 0.6) is 0 Å². The molecule has 2 aromatic heterocycles. The Hall–Kier alpha value is -3.78. The maximum absolute atomic E-state index is 13.6. The summed E-state index contributed by atoms with van der Waals surface area (Å²) < 4.78 is 94.1. The molecule has 202 valence electrons. The van der Waals surface area contributed by atoms with Gasteiger partial charge in [-0.25, -0.2) is 23.8 Å². The number of aromatic nitrogens is 5. The van der Waals surface area contributed by atoms with E-state index in [1.165, 1.54) is 4.90 Å². The van der Waals surface area contributed by atoms with Gasteiger partial charge in [-0.1, -0.05) is 12.1 Å². The number of fused-ring (bicyclic) bond motifs is 2. The van der Waals surface area contributed by atoms with Gasteiger partial charge in [0.2, 0.25) is 0 Å². The first-order chi connectivity index (χ1) is 17.7. The van der Waals surface area contributed by atoms with Gasteiger partial charge >= 0.3 is 18.4 Å². The predicted molar refractivity (Wildman–Crippen MR) is 118 cm³/mol. The second kappa shape index (κ2) is 8.91. The molecule has 1 aliphatic carbocycles. The summed E-state index contributed by atoms with van der Waals surface area (Å²) in [4.78, 5) is 22.1. The van der Waals surface area contributed by atoms with Crippen molar-refractivity contribution in [3.05, 3.63) is 53.9 Å². The number of alkyl halides is 6. The van der Waals surface area contributed by atoms with Crippen molar-refractivity contribution >= 4 is 11.7 Å². The van der Waals surface area contributed by atoms with Gasteiger partial charge in [-0.2, -0.15) is 26.3 Å². The molecule has 15 heteroatoms. The molecule has 2 bridgehead atoms. The maximum Gasteiger partial charge on any atom is 0.436 e. The molecule has 6 rings (SSSR count). The molecule has 1 aromatic carbocycles. The van der Waals surface area contributed by atoms with Gasteiger partial charge in [0, 0.05) is 17.3 Å². The lowest BCUT2D eigenvalue weighted by Crippen LogP contribution is -2.73. The molecule has 3 aliphatic rings. The van der Waals surface area contributed by atoms with Crippen LogP contribution in [-0.2, 0) is 18.9 Å². The summed E-state index contributed by atoms with van der Waals surface area (Å²) in [6.07, 6.45) is -5.48. The monoisotopic (exact) mass is 543 g/mol. The van der Waals surface area contributed by atoms with Gasteiger partial charge in [-0.05, 0) is 43.4 Å². The highest BCUT2D eigenvalue weighted by atomic mass is 19.4. The first-order valence-electron chi connectivity index (χ1n) is 11.5. The third kappa shape index (κ3) is 4.76. The summed E-state index contributed by atoms with van der Waals surface area (Å²) in [7, 11) is 0. The average Bonchev–Trinajstić information content (AvgIpc) is 3.27. The number of piperidine rings is 1. The first kappa shape index (κ1) is 25.9. The van der Waals surface area contributed by atoms with Gasteiger partial charge in [0.1, 0.15) is 0 Å². The molecule has 2 saturated heterocycles. The topological polar surface area (TPSA) is 88.8 Å². The van der Waals surface area contributed by atoms with Crippen LogP contribution in [0.4, 0.5) is 41.2 Å². The van der Waals surface area contributed by atoms with Gasteiger partial charge in [0.25, 0.3) is 0 Å². The molecule has 0 spiro atoms. The molecule has 3 fully saturated rings. The molecule has 1 saturated carbocycles.